The van der Waals surface area contributed by atoms with E-state index in [-0.39, 0.29) is 28.4 Å². The summed E-state index contributed by atoms with van der Waals surface area (Å²) in [4.78, 5) is 12.6. The van der Waals surface area contributed by atoms with Crippen LogP contribution in [-0.2, 0) is 27.5 Å². The fourth-order valence-corrected chi connectivity index (χ4v) is 5.50. The second-order valence-corrected chi connectivity index (χ2v) is 10.1. The van der Waals surface area contributed by atoms with Crippen molar-refractivity contribution in [2.24, 2.45) is 0 Å². The minimum Gasteiger partial charge on any atom is -0.350 e. The number of hydrogen-bond donors (Lipinski definition) is 1. The van der Waals surface area contributed by atoms with E-state index in [1.54, 1.807) is 0 Å². The van der Waals surface area contributed by atoms with Gasteiger partial charge >= 0.3 is 6.18 Å². The number of alkyl halides is 4. The van der Waals surface area contributed by atoms with Crippen molar-refractivity contribution in [2.45, 2.75) is 36.3 Å². The molecule has 14 heteroatoms. The maximum Gasteiger partial charge on any atom is 0.416 e. The van der Waals surface area contributed by atoms with Crippen LogP contribution >= 0.6 is 0 Å². The first-order valence-electron chi connectivity index (χ1n) is 10.8. The number of aromatic nitrogens is 2. The Morgan fingerprint density at radius 2 is 1.78 bits per heavy atom. The topological polar surface area (TPSA) is 108 Å². The minimum absolute atomic E-state index is 0.120. The third kappa shape index (κ3) is 5.47. The highest BCUT2D eigenvalue weighted by molar-refractivity contribution is 7.89. The number of nitrogens with one attached hydrogen (secondary N) is 1. The molecule has 37 heavy (non-hydrogen) atoms. The van der Waals surface area contributed by atoms with E-state index in [1.165, 1.54) is 10.9 Å². The Labute approximate surface area is 208 Å². The molecule has 4 rings (SSSR count). The number of carbonyl (C=O) groups excluding carboxylic acids is 1. The van der Waals surface area contributed by atoms with Crippen molar-refractivity contribution >= 4 is 15.9 Å². The predicted octanol–water partition coefficient (Wildman–Crippen LogP) is 3.32. The first-order valence-corrected chi connectivity index (χ1v) is 12.2. The lowest BCUT2D eigenvalue weighted by atomic mass is 10.2. The average Bonchev–Trinajstić information content (AvgIpc) is 3.46. The molecule has 1 fully saturated rings. The molecule has 3 aromatic rings. The van der Waals surface area contributed by atoms with Crippen LogP contribution in [0.1, 0.15) is 23.2 Å². The van der Waals surface area contributed by atoms with Gasteiger partial charge in [0.2, 0.25) is 15.9 Å². The Morgan fingerprint density at radius 1 is 1.14 bits per heavy atom. The second kappa shape index (κ2) is 9.91. The Morgan fingerprint density at radius 3 is 2.38 bits per heavy atom. The van der Waals surface area contributed by atoms with E-state index in [4.69, 9.17) is 0 Å². The van der Waals surface area contributed by atoms with Crippen molar-refractivity contribution in [3.63, 3.8) is 0 Å². The van der Waals surface area contributed by atoms with Gasteiger partial charge in [-0.05, 0) is 48.5 Å². The fraction of sp³-hybridized carbons (Fsp3) is 0.261. The Hall–Kier alpha value is -3.83. The van der Waals surface area contributed by atoms with Crippen molar-refractivity contribution in [3.8, 4) is 11.8 Å². The molecule has 1 aliphatic heterocycles. The predicted molar refractivity (Wildman–Crippen MR) is 119 cm³/mol. The quantitative estimate of drug-likeness (QED) is 0.484. The van der Waals surface area contributed by atoms with Crippen LogP contribution in [0.25, 0.3) is 5.69 Å². The summed E-state index contributed by atoms with van der Waals surface area (Å²) in [5.41, 5.74) is -0.543. The van der Waals surface area contributed by atoms with E-state index >= 15 is 0 Å². The number of nitrogens with zero attached hydrogens (tertiary/aromatic N) is 4. The molecule has 0 spiro atoms. The zero-order valence-corrected chi connectivity index (χ0v) is 19.6. The van der Waals surface area contributed by atoms with Gasteiger partial charge < -0.3 is 5.32 Å². The molecule has 2 aromatic carbocycles. The second-order valence-electron chi connectivity index (χ2n) is 8.20. The molecule has 0 radical (unpaired) electrons. The van der Waals surface area contributed by atoms with Gasteiger partial charge in [-0.1, -0.05) is 0 Å². The fourth-order valence-electron chi connectivity index (χ4n) is 3.87. The zero-order chi connectivity index (χ0) is 27.0. The molecule has 2 unspecified atom stereocenters. The molecular formula is C23H18F5N5O3S. The van der Waals surface area contributed by atoms with Crippen molar-refractivity contribution in [3.05, 3.63) is 77.4 Å². The van der Waals surface area contributed by atoms with Gasteiger partial charge in [-0.15, -0.1) is 0 Å². The van der Waals surface area contributed by atoms with Crippen molar-refractivity contribution in [1.29, 1.82) is 5.26 Å². The monoisotopic (exact) mass is 539 g/mol. The largest absolute Gasteiger partial charge is 0.416 e. The van der Waals surface area contributed by atoms with Crippen LogP contribution in [-0.4, -0.2) is 47.2 Å². The van der Waals surface area contributed by atoms with Crippen LogP contribution in [0.15, 0.2) is 59.6 Å². The van der Waals surface area contributed by atoms with Crippen LogP contribution < -0.4 is 5.32 Å². The lowest BCUT2D eigenvalue weighted by molar-refractivity contribution is -0.137. The Kier molecular flexibility index (Phi) is 7.03. The Balaban J connectivity index is 1.50. The molecule has 2 heterocycles. The number of nitriles is 1. The summed E-state index contributed by atoms with van der Waals surface area (Å²) in [7, 11) is -4.31. The summed E-state index contributed by atoms with van der Waals surface area (Å²) in [5.74, 6) is -1.49. The van der Waals surface area contributed by atoms with Crippen LogP contribution in [0.4, 0.5) is 22.0 Å². The molecule has 0 saturated carbocycles. The first-order chi connectivity index (χ1) is 17.4. The van der Waals surface area contributed by atoms with Gasteiger partial charge in [0.05, 0.1) is 16.1 Å². The molecule has 0 aliphatic carbocycles. The van der Waals surface area contributed by atoms with E-state index in [0.717, 1.165) is 48.5 Å². The smallest absolute Gasteiger partial charge is 0.350 e. The van der Waals surface area contributed by atoms with Gasteiger partial charge in [0.15, 0.2) is 5.69 Å². The maximum absolute atomic E-state index is 14.2. The highest BCUT2D eigenvalue weighted by Gasteiger charge is 2.44. The van der Waals surface area contributed by atoms with Gasteiger partial charge in [-0.25, -0.2) is 21.9 Å². The van der Waals surface area contributed by atoms with E-state index < -0.39 is 58.7 Å². The van der Waals surface area contributed by atoms with Crippen LogP contribution in [0.2, 0.25) is 0 Å². The van der Waals surface area contributed by atoms with Gasteiger partial charge in [0.25, 0.3) is 0 Å². The number of hydrogen-bond acceptors (Lipinski definition) is 5. The van der Waals surface area contributed by atoms with E-state index in [0.29, 0.717) is 4.31 Å². The number of rotatable bonds is 6. The number of carbonyl (C=O) groups is 1. The van der Waals surface area contributed by atoms with E-state index in [1.807, 2.05) is 6.07 Å². The molecule has 1 amide bonds. The van der Waals surface area contributed by atoms with Crippen molar-refractivity contribution < 1.29 is 35.2 Å². The molecule has 0 bridgehead atoms. The van der Waals surface area contributed by atoms with Gasteiger partial charge in [-0.2, -0.15) is 27.8 Å². The average molecular weight is 539 g/mol. The van der Waals surface area contributed by atoms with Crippen LogP contribution in [0, 0.1) is 17.1 Å². The SMILES string of the molecule is N#Cc1nn(-c2ccc(C(F)(F)F)cc2)cc1CNC(=O)C1CC(F)CN1S(=O)(=O)c1ccc(F)cc1. The third-order valence-corrected chi connectivity index (χ3v) is 7.62. The summed E-state index contributed by atoms with van der Waals surface area (Å²) >= 11 is 0. The highest BCUT2D eigenvalue weighted by atomic mass is 32.2. The third-order valence-electron chi connectivity index (χ3n) is 5.74. The molecule has 8 nitrogen and oxygen atoms in total. The number of amides is 1. The van der Waals surface area contributed by atoms with Gasteiger partial charge in [0, 0.05) is 31.3 Å². The number of sulfonamides is 1. The van der Waals surface area contributed by atoms with E-state index in [2.05, 4.69) is 10.4 Å². The molecule has 1 aromatic heterocycles. The first kappa shape index (κ1) is 26.2. The standard InChI is InChI=1S/C23H18F5N5O3S/c24-16-3-7-19(8-4-16)37(35,36)33-13-17(25)9-21(33)22(34)30-11-14-12-32(31-20(14)10-29)18-5-1-15(2-6-18)23(26,27)28/h1-8,12,17,21H,9,11,13H2,(H,30,34). The molecule has 1 N–H and O–H groups in total. The van der Waals surface area contributed by atoms with Crippen LogP contribution in [0.3, 0.4) is 0 Å². The summed E-state index contributed by atoms with van der Waals surface area (Å²) in [6.45, 7) is -0.840. The van der Waals surface area contributed by atoms with Crippen LogP contribution in [0.5, 0.6) is 0 Å². The normalized spacial score (nSPS) is 18.5. The molecule has 1 saturated heterocycles. The minimum atomic E-state index is -4.52. The van der Waals surface area contributed by atoms with Crippen molar-refractivity contribution in [2.75, 3.05) is 6.54 Å². The number of halogens is 5. The highest BCUT2D eigenvalue weighted by Crippen LogP contribution is 2.30. The summed E-state index contributed by atoms with van der Waals surface area (Å²) in [5, 5.41) is 15.9. The lowest BCUT2D eigenvalue weighted by Gasteiger charge is -2.23. The molecule has 194 valence electrons. The van der Waals surface area contributed by atoms with Gasteiger partial charge in [0.1, 0.15) is 24.1 Å². The molecular weight excluding hydrogens is 521 g/mol. The van der Waals surface area contributed by atoms with E-state index in [9.17, 15) is 40.4 Å². The summed E-state index contributed by atoms with van der Waals surface area (Å²) in [6.07, 6.45) is -5.20. The lowest BCUT2D eigenvalue weighted by Crippen LogP contribution is -2.45. The number of benzene rings is 2. The molecule has 1 aliphatic rings. The Bertz CT molecular complexity index is 1450. The van der Waals surface area contributed by atoms with Gasteiger partial charge in [-0.3, -0.25) is 4.79 Å². The summed E-state index contributed by atoms with van der Waals surface area (Å²) in [6, 6.07) is 8.37. The maximum atomic E-state index is 14.2. The summed E-state index contributed by atoms with van der Waals surface area (Å²) < 4.78 is 93.6. The van der Waals surface area contributed by atoms with Crippen molar-refractivity contribution in [1.82, 2.24) is 19.4 Å². The molecule has 2 atom stereocenters. The zero-order valence-electron chi connectivity index (χ0n) is 18.8.